The molecule has 0 saturated carbocycles. The standard InChI is InChI=1S/C15H12ClNO2/c16-12-7-2-8-17-13(12)14(18)11-6-1-4-10-5-3-9-19-15(10)11/h1-2,4,6-8H,3,5,9H2. The molecule has 2 aromatic rings. The molecule has 0 aliphatic carbocycles. The van der Waals surface area contributed by atoms with Gasteiger partial charge >= 0.3 is 0 Å². The molecule has 0 N–H and O–H groups in total. The fraction of sp³-hybridized carbons (Fsp3) is 0.200. The highest BCUT2D eigenvalue weighted by Crippen LogP contribution is 2.31. The second-order valence-corrected chi connectivity index (χ2v) is 4.82. The van der Waals surface area contributed by atoms with Crippen molar-refractivity contribution in [3.63, 3.8) is 0 Å². The monoisotopic (exact) mass is 273 g/mol. The molecule has 1 aromatic heterocycles. The van der Waals surface area contributed by atoms with E-state index in [0.29, 0.717) is 22.9 Å². The number of carbonyl (C=O) groups is 1. The third kappa shape index (κ3) is 2.22. The molecule has 0 spiro atoms. The molecule has 1 aliphatic rings. The Hall–Kier alpha value is -1.87. The van der Waals surface area contributed by atoms with Crippen LogP contribution in [0.25, 0.3) is 0 Å². The van der Waals surface area contributed by atoms with Gasteiger partial charge in [0, 0.05) is 6.20 Å². The maximum Gasteiger partial charge on any atom is 0.216 e. The average Bonchev–Trinajstić information content (AvgIpc) is 2.46. The molecule has 0 saturated heterocycles. The maximum atomic E-state index is 12.5. The predicted octanol–water partition coefficient (Wildman–Crippen LogP) is 3.29. The minimum Gasteiger partial charge on any atom is -0.493 e. The Morgan fingerprint density at radius 2 is 2.16 bits per heavy atom. The predicted molar refractivity (Wildman–Crippen MR) is 72.9 cm³/mol. The van der Waals surface area contributed by atoms with E-state index in [1.54, 1.807) is 24.4 Å². The minimum absolute atomic E-state index is 0.190. The molecule has 96 valence electrons. The van der Waals surface area contributed by atoms with Crippen molar-refractivity contribution in [1.82, 2.24) is 4.98 Å². The van der Waals surface area contributed by atoms with E-state index in [1.165, 1.54) is 0 Å². The van der Waals surface area contributed by atoms with Gasteiger partial charge in [-0.05, 0) is 36.6 Å². The maximum absolute atomic E-state index is 12.5. The zero-order valence-corrected chi connectivity index (χ0v) is 11.0. The van der Waals surface area contributed by atoms with Crippen LogP contribution in [0.3, 0.4) is 0 Å². The fourth-order valence-electron chi connectivity index (χ4n) is 2.25. The molecule has 0 radical (unpaired) electrons. The highest BCUT2D eigenvalue weighted by Gasteiger charge is 2.22. The minimum atomic E-state index is -0.190. The Balaban J connectivity index is 2.08. The molecule has 3 nitrogen and oxygen atoms in total. The third-order valence-corrected chi connectivity index (χ3v) is 3.46. The third-order valence-electron chi connectivity index (χ3n) is 3.15. The quantitative estimate of drug-likeness (QED) is 0.788. The SMILES string of the molecule is O=C(c1cccc2c1OCCC2)c1ncccc1Cl. The number of aromatic nitrogens is 1. The van der Waals surface area contributed by atoms with Crippen molar-refractivity contribution < 1.29 is 9.53 Å². The first kappa shape index (κ1) is 12.2. The van der Waals surface area contributed by atoms with Crippen molar-refractivity contribution in [3.05, 3.63) is 58.4 Å². The molecule has 0 fully saturated rings. The van der Waals surface area contributed by atoms with Crippen molar-refractivity contribution >= 4 is 17.4 Å². The van der Waals surface area contributed by atoms with Gasteiger partial charge in [0.2, 0.25) is 5.78 Å². The fourth-order valence-corrected chi connectivity index (χ4v) is 2.46. The zero-order chi connectivity index (χ0) is 13.2. The number of hydrogen-bond acceptors (Lipinski definition) is 3. The van der Waals surface area contributed by atoms with Crippen LogP contribution in [0.5, 0.6) is 5.75 Å². The molecule has 1 aromatic carbocycles. The molecule has 0 unspecified atom stereocenters. The van der Waals surface area contributed by atoms with Gasteiger partial charge in [0.15, 0.2) is 0 Å². The number of nitrogens with zero attached hydrogens (tertiary/aromatic N) is 1. The van der Waals surface area contributed by atoms with Crippen LogP contribution in [0.4, 0.5) is 0 Å². The number of benzene rings is 1. The zero-order valence-electron chi connectivity index (χ0n) is 10.2. The number of pyridine rings is 1. The molecule has 2 heterocycles. The molecule has 0 atom stereocenters. The molecule has 3 rings (SSSR count). The summed E-state index contributed by atoms with van der Waals surface area (Å²) < 4.78 is 5.65. The second-order valence-electron chi connectivity index (χ2n) is 4.41. The summed E-state index contributed by atoms with van der Waals surface area (Å²) in [5.74, 6) is 0.491. The summed E-state index contributed by atoms with van der Waals surface area (Å²) in [6.07, 6.45) is 3.48. The van der Waals surface area contributed by atoms with Gasteiger partial charge in [-0.15, -0.1) is 0 Å². The average molecular weight is 274 g/mol. The number of carbonyl (C=O) groups excluding carboxylic acids is 1. The number of ether oxygens (including phenoxy) is 1. The van der Waals surface area contributed by atoms with Crippen molar-refractivity contribution in [1.29, 1.82) is 0 Å². The highest BCUT2D eigenvalue weighted by molar-refractivity contribution is 6.34. The Labute approximate surface area is 116 Å². The van der Waals surface area contributed by atoms with Crippen LogP contribution < -0.4 is 4.74 Å². The summed E-state index contributed by atoms with van der Waals surface area (Å²) in [6.45, 7) is 0.646. The summed E-state index contributed by atoms with van der Waals surface area (Å²) in [6, 6.07) is 8.99. The first-order chi connectivity index (χ1) is 9.27. The van der Waals surface area contributed by atoms with Crippen LogP contribution in [0, 0.1) is 0 Å². The number of fused-ring (bicyclic) bond motifs is 1. The smallest absolute Gasteiger partial charge is 0.216 e. The van der Waals surface area contributed by atoms with Gasteiger partial charge in [0.25, 0.3) is 0 Å². The van der Waals surface area contributed by atoms with E-state index in [9.17, 15) is 4.79 Å². The number of para-hydroxylation sites is 1. The Bertz CT molecular complexity index is 640. The van der Waals surface area contributed by atoms with E-state index < -0.39 is 0 Å². The van der Waals surface area contributed by atoms with Crippen LogP contribution in [0.15, 0.2) is 36.5 Å². The van der Waals surface area contributed by atoms with Gasteiger partial charge in [-0.2, -0.15) is 0 Å². The molecule has 0 bridgehead atoms. The Kier molecular flexibility index (Phi) is 3.22. The van der Waals surface area contributed by atoms with Crippen molar-refractivity contribution in [3.8, 4) is 5.75 Å². The summed E-state index contributed by atoms with van der Waals surface area (Å²) >= 11 is 6.03. The highest BCUT2D eigenvalue weighted by atomic mass is 35.5. The van der Waals surface area contributed by atoms with E-state index in [2.05, 4.69) is 4.98 Å². The van der Waals surface area contributed by atoms with E-state index in [1.807, 2.05) is 12.1 Å². The largest absolute Gasteiger partial charge is 0.493 e. The van der Waals surface area contributed by atoms with E-state index >= 15 is 0 Å². The molecule has 1 aliphatic heterocycles. The van der Waals surface area contributed by atoms with E-state index in [4.69, 9.17) is 16.3 Å². The Morgan fingerprint density at radius 1 is 1.26 bits per heavy atom. The van der Waals surface area contributed by atoms with E-state index in [0.717, 1.165) is 18.4 Å². The molecule has 19 heavy (non-hydrogen) atoms. The molecular formula is C15H12ClNO2. The topological polar surface area (TPSA) is 39.2 Å². The number of rotatable bonds is 2. The normalized spacial score (nSPS) is 13.5. The Morgan fingerprint density at radius 3 is 3.00 bits per heavy atom. The first-order valence-electron chi connectivity index (χ1n) is 6.17. The summed E-state index contributed by atoms with van der Waals surface area (Å²) in [4.78, 5) is 16.6. The molecular weight excluding hydrogens is 262 g/mol. The van der Waals surface area contributed by atoms with Gasteiger partial charge in [0.1, 0.15) is 11.4 Å². The van der Waals surface area contributed by atoms with Crippen LogP contribution in [0.1, 0.15) is 28.0 Å². The van der Waals surface area contributed by atoms with Gasteiger partial charge < -0.3 is 4.74 Å². The summed E-state index contributed by atoms with van der Waals surface area (Å²) in [7, 11) is 0. The van der Waals surface area contributed by atoms with Crippen molar-refractivity contribution in [2.75, 3.05) is 6.61 Å². The first-order valence-corrected chi connectivity index (χ1v) is 6.55. The summed E-state index contributed by atoms with van der Waals surface area (Å²) in [5, 5.41) is 0.362. The van der Waals surface area contributed by atoms with Gasteiger partial charge in [-0.1, -0.05) is 23.7 Å². The number of ketones is 1. The lowest BCUT2D eigenvalue weighted by Crippen LogP contribution is -2.14. The van der Waals surface area contributed by atoms with Crippen molar-refractivity contribution in [2.45, 2.75) is 12.8 Å². The lowest BCUT2D eigenvalue weighted by atomic mass is 9.99. The lowest BCUT2D eigenvalue weighted by molar-refractivity contribution is 0.102. The number of halogens is 1. The number of hydrogen-bond donors (Lipinski definition) is 0. The van der Waals surface area contributed by atoms with Gasteiger partial charge in [0.05, 0.1) is 17.2 Å². The van der Waals surface area contributed by atoms with Crippen LogP contribution >= 0.6 is 11.6 Å². The number of aryl methyl sites for hydroxylation is 1. The van der Waals surface area contributed by atoms with Crippen LogP contribution in [-0.4, -0.2) is 17.4 Å². The van der Waals surface area contributed by atoms with Crippen molar-refractivity contribution in [2.24, 2.45) is 0 Å². The van der Waals surface area contributed by atoms with Gasteiger partial charge in [-0.3, -0.25) is 9.78 Å². The molecule has 4 heteroatoms. The van der Waals surface area contributed by atoms with Crippen LogP contribution in [-0.2, 0) is 6.42 Å². The lowest BCUT2D eigenvalue weighted by Gasteiger charge is -2.19. The second kappa shape index (κ2) is 5.02. The molecule has 0 amide bonds. The summed E-state index contributed by atoms with van der Waals surface area (Å²) in [5.41, 5.74) is 1.88. The van der Waals surface area contributed by atoms with E-state index in [-0.39, 0.29) is 11.5 Å². The van der Waals surface area contributed by atoms with Crippen LogP contribution in [0.2, 0.25) is 5.02 Å². The van der Waals surface area contributed by atoms with Gasteiger partial charge in [-0.25, -0.2) is 0 Å².